The van der Waals surface area contributed by atoms with E-state index in [0.717, 1.165) is 32.9 Å². The largest absolute Gasteiger partial charge is 0.343 e. The highest BCUT2D eigenvalue weighted by Gasteiger charge is 2.23. The second-order valence-electron chi connectivity index (χ2n) is 8.22. The molecule has 0 radical (unpaired) electrons. The second-order valence-corrected chi connectivity index (χ2v) is 10.1. The van der Waals surface area contributed by atoms with Crippen molar-refractivity contribution in [2.75, 3.05) is 6.54 Å². The number of fused-ring (bicyclic) bond motifs is 1. The molecule has 4 aromatic rings. The zero-order valence-electron chi connectivity index (χ0n) is 19.2. The molecule has 3 aromatic carbocycles. The lowest BCUT2D eigenvalue weighted by Crippen LogP contribution is -2.29. The molecule has 1 heterocycles. The first-order chi connectivity index (χ1) is 16.3. The van der Waals surface area contributed by atoms with Crippen LogP contribution in [0.4, 0.5) is 0 Å². The minimum atomic E-state index is -3.88. The van der Waals surface area contributed by atoms with Crippen molar-refractivity contribution in [3.8, 4) is 12.0 Å². The Kier molecular flexibility index (Phi) is 6.85. The van der Waals surface area contributed by atoms with E-state index in [9.17, 15) is 13.2 Å². The quantitative estimate of drug-likeness (QED) is 0.288. The summed E-state index contributed by atoms with van der Waals surface area (Å²) < 4.78 is 29.9. The van der Waals surface area contributed by atoms with Gasteiger partial charge in [-0.1, -0.05) is 66.2 Å². The molecule has 0 aliphatic rings. The maximum absolute atomic E-state index is 13.3. The molecule has 0 fully saturated rings. The molecule has 0 bridgehead atoms. The van der Waals surface area contributed by atoms with Gasteiger partial charge in [0.25, 0.3) is 10.0 Å². The zero-order chi connectivity index (χ0) is 24.1. The highest BCUT2D eigenvalue weighted by molar-refractivity contribution is 7.89. The topological polar surface area (TPSA) is 59.4 Å². The van der Waals surface area contributed by atoms with Gasteiger partial charge in [-0.15, -0.1) is 0 Å². The molecule has 0 saturated heterocycles. The second kappa shape index (κ2) is 9.98. The van der Waals surface area contributed by atoms with E-state index in [1.807, 2.05) is 43.3 Å². The van der Waals surface area contributed by atoms with Crippen molar-refractivity contribution in [3.05, 3.63) is 102 Å². The maximum atomic E-state index is 13.3. The van der Waals surface area contributed by atoms with Crippen molar-refractivity contribution in [1.82, 2.24) is 8.87 Å². The van der Waals surface area contributed by atoms with Crippen LogP contribution in [-0.2, 0) is 27.8 Å². The molecule has 1 aromatic heterocycles. The predicted molar refractivity (Wildman–Crippen MR) is 135 cm³/mol. The fourth-order valence-electron chi connectivity index (χ4n) is 3.87. The SMILES string of the molecule is CC(=O)C#CN(CCc1cn(Cc2ccccc2)c2ccccc12)S(=O)(=O)c1ccc(C)cc1. The van der Waals surface area contributed by atoms with E-state index < -0.39 is 10.0 Å². The minimum absolute atomic E-state index is 0.135. The number of benzene rings is 3. The van der Waals surface area contributed by atoms with Gasteiger partial charge in [-0.2, -0.15) is 0 Å². The van der Waals surface area contributed by atoms with Crippen LogP contribution >= 0.6 is 0 Å². The van der Waals surface area contributed by atoms with Crippen LogP contribution in [0, 0.1) is 18.9 Å². The molecule has 172 valence electrons. The number of aromatic nitrogens is 1. The van der Waals surface area contributed by atoms with Gasteiger partial charge < -0.3 is 4.57 Å². The van der Waals surface area contributed by atoms with Gasteiger partial charge in [-0.3, -0.25) is 4.79 Å². The number of aryl methyl sites for hydroxylation is 1. The number of carbonyl (C=O) groups is 1. The number of sulfonamides is 1. The molecule has 0 aliphatic carbocycles. The fourth-order valence-corrected chi connectivity index (χ4v) is 5.10. The molecule has 0 unspecified atom stereocenters. The van der Waals surface area contributed by atoms with E-state index in [-0.39, 0.29) is 17.2 Å². The van der Waals surface area contributed by atoms with Gasteiger partial charge in [-0.25, -0.2) is 12.7 Å². The van der Waals surface area contributed by atoms with E-state index >= 15 is 0 Å². The average molecular weight is 471 g/mol. The summed E-state index contributed by atoms with van der Waals surface area (Å²) in [6.45, 7) is 4.07. The van der Waals surface area contributed by atoms with Gasteiger partial charge >= 0.3 is 0 Å². The van der Waals surface area contributed by atoms with Gasteiger partial charge in [0.1, 0.15) is 0 Å². The van der Waals surface area contributed by atoms with Gasteiger partial charge in [-0.05, 0) is 48.6 Å². The summed E-state index contributed by atoms with van der Waals surface area (Å²) in [5.74, 6) is 2.01. The summed E-state index contributed by atoms with van der Waals surface area (Å²) in [6.07, 6.45) is 2.53. The van der Waals surface area contributed by atoms with E-state index in [2.05, 4.69) is 40.9 Å². The Hall–Kier alpha value is -3.82. The van der Waals surface area contributed by atoms with Crippen LogP contribution in [0.3, 0.4) is 0 Å². The molecule has 0 N–H and O–H groups in total. The van der Waals surface area contributed by atoms with Gasteiger partial charge in [0.05, 0.1) is 4.90 Å². The Morgan fingerprint density at radius 1 is 0.941 bits per heavy atom. The summed E-state index contributed by atoms with van der Waals surface area (Å²) in [5, 5.41) is 1.07. The lowest BCUT2D eigenvalue weighted by atomic mass is 10.1. The lowest BCUT2D eigenvalue weighted by Gasteiger charge is -2.18. The van der Waals surface area contributed by atoms with E-state index in [0.29, 0.717) is 6.42 Å². The van der Waals surface area contributed by atoms with Crippen LogP contribution in [0.15, 0.2) is 90.0 Å². The summed E-state index contributed by atoms with van der Waals surface area (Å²) in [4.78, 5) is 11.6. The Labute approximate surface area is 200 Å². The van der Waals surface area contributed by atoms with Crippen LogP contribution in [0.1, 0.15) is 23.6 Å². The lowest BCUT2D eigenvalue weighted by molar-refractivity contribution is -0.111. The molecule has 34 heavy (non-hydrogen) atoms. The minimum Gasteiger partial charge on any atom is -0.343 e. The number of nitrogens with zero attached hydrogens (tertiary/aromatic N) is 2. The van der Waals surface area contributed by atoms with E-state index in [1.165, 1.54) is 12.5 Å². The molecule has 0 aliphatic heterocycles. The maximum Gasteiger partial charge on any atom is 0.270 e. The molecule has 0 atom stereocenters. The molecular formula is C28H26N2O3S. The smallest absolute Gasteiger partial charge is 0.270 e. The summed E-state index contributed by atoms with van der Waals surface area (Å²) in [5.41, 5.74) is 4.27. The van der Waals surface area contributed by atoms with Crippen molar-refractivity contribution in [3.63, 3.8) is 0 Å². The molecule has 5 nitrogen and oxygen atoms in total. The number of hydrogen-bond donors (Lipinski definition) is 0. The van der Waals surface area contributed by atoms with Crippen molar-refractivity contribution < 1.29 is 13.2 Å². The Balaban J connectivity index is 1.65. The molecular weight excluding hydrogens is 444 g/mol. The Morgan fingerprint density at radius 2 is 1.62 bits per heavy atom. The number of hydrogen-bond acceptors (Lipinski definition) is 3. The third-order valence-electron chi connectivity index (χ3n) is 5.62. The average Bonchev–Trinajstić information content (AvgIpc) is 3.17. The third kappa shape index (κ3) is 5.22. The fraction of sp³-hybridized carbons (Fsp3) is 0.179. The number of Topliss-reactive ketones (excluding diaryl/α,β-unsaturated/α-hetero) is 1. The number of rotatable bonds is 7. The van der Waals surface area contributed by atoms with Crippen molar-refractivity contribution in [2.45, 2.75) is 31.7 Å². The predicted octanol–water partition coefficient (Wildman–Crippen LogP) is 4.78. The molecule has 0 saturated carbocycles. The molecule has 0 amide bonds. The Morgan fingerprint density at radius 3 is 2.32 bits per heavy atom. The normalized spacial score (nSPS) is 11.1. The standard InChI is InChI=1S/C28H26N2O3S/c1-22-12-14-26(15-13-22)34(32,33)30(18-16-23(2)31)19-17-25-21-29(20-24-8-4-3-5-9-24)28-11-7-6-10-27(25)28/h3-15,21H,17,19-20H2,1-2H3. The molecule has 6 heteroatoms. The highest BCUT2D eigenvalue weighted by Crippen LogP contribution is 2.24. The van der Waals surface area contributed by atoms with Crippen LogP contribution in [0.2, 0.25) is 0 Å². The van der Waals surface area contributed by atoms with E-state index in [1.54, 1.807) is 24.3 Å². The van der Waals surface area contributed by atoms with Gasteiger partial charge in [0.15, 0.2) is 0 Å². The first-order valence-electron chi connectivity index (χ1n) is 11.1. The number of carbonyl (C=O) groups excluding carboxylic acids is 1. The first kappa shape index (κ1) is 23.3. The zero-order valence-corrected chi connectivity index (χ0v) is 20.0. The van der Waals surface area contributed by atoms with Crippen LogP contribution in [-0.4, -0.2) is 29.6 Å². The number of ketones is 1. The summed E-state index contributed by atoms with van der Waals surface area (Å²) in [7, 11) is -3.88. The van der Waals surface area contributed by atoms with Crippen molar-refractivity contribution in [2.24, 2.45) is 0 Å². The van der Waals surface area contributed by atoms with Gasteiger partial charge in [0.2, 0.25) is 5.78 Å². The van der Waals surface area contributed by atoms with Crippen LogP contribution in [0.25, 0.3) is 10.9 Å². The number of para-hydroxylation sites is 1. The molecule has 0 spiro atoms. The highest BCUT2D eigenvalue weighted by atomic mass is 32.2. The Bertz CT molecular complexity index is 1480. The summed E-state index contributed by atoms with van der Waals surface area (Å²) in [6, 6.07) is 27.5. The van der Waals surface area contributed by atoms with Crippen LogP contribution in [0.5, 0.6) is 0 Å². The third-order valence-corrected chi connectivity index (χ3v) is 7.34. The summed E-state index contributed by atoms with van der Waals surface area (Å²) >= 11 is 0. The van der Waals surface area contributed by atoms with Crippen molar-refractivity contribution >= 4 is 26.7 Å². The monoisotopic (exact) mass is 470 g/mol. The van der Waals surface area contributed by atoms with Gasteiger partial charge in [0, 0.05) is 43.2 Å². The van der Waals surface area contributed by atoms with Crippen LogP contribution < -0.4 is 0 Å². The van der Waals surface area contributed by atoms with Crippen molar-refractivity contribution in [1.29, 1.82) is 0 Å². The first-order valence-corrected chi connectivity index (χ1v) is 12.5. The van der Waals surface area contributed by atoms with E-state index in [4.69, 9.17) is 0 Å². The molecule has 4 rings (SSSR count).